The van der Waals surface area contributed by atoms with E-state index >= 15 is 0 Å². The minimum atomic E-state index is 0.405. The molecule has 2 aromatic carbocycles. The SMILES string of the molecule is Cc1ccc(-c2c(N)noc2-c2cccc(C)c2Br)cc1. The third-order valence-corrected chi connectivity index (χ3v) is 4.55. The van der Waals surface area contributed by atoms with Crippen LogP contribution in [0.2, 0.25) is 0 Å². The maximum Gasteiger partial charge on any atom is 0.178 e. The molecule has 0 bridgehead atoms. The summed E-state index contributed by atoms with van der Waals surface area (Å²) in [7, 11) is 0. The first kappa shape index (κ1) is 13.9. The van der Waals surface area contributed by atoms with Gasteiger partial charge < -0.3 is 10.3 Å². The molecule has 0 spiro atoms. The van der Waals surface area contributed by atoms with Gasteiger partial charge >= 0.3 is 0 Å². The number of anilines is 1. The first-order chi connectivity index (χ1) is 10.1. The summed E-state index contributed by atoms with van der Waals surface area (Å²) >= 11 is 3.62. The molecular formula is C17H15BrN2O. The molecule has 3 nitrogen and oxygen atoms in total. The molecule has 0 aliphatic carbocycles. The zero-order chi connectivity index (χ0) is 15.0. The average molecular weight is 343 g/mol. The Morgan fingerprint density at radius 2 is 1.76 bits per heavy atom. The van der Waals surface area contributed by atoms with E-state index in [2.05, 4.69) is 40.1 Å². The Balaban J connectivity index is 2.22. The zero-order valence-corrected chi connectivity index (χ0v) is 13.4. The Morgan fingerprint density at radius 3 is 2.48 bits per heavy atom. The van der Waals surface area contributed by atoms with Gasteiger partial charge in [-0.15, -0.1) is 0 Å². The van der Waals surface area contributed by atoms with Gasteiger partial charge in [-0.1, -0.05) is 47.1 Å². The second kappa shape index (κ2) is 5.37. The Labute approximate surface area is 131 Å². The smallest absolute Gasteiger partial charge is 0.178 e. The summed E-state index contributed by atoms with van der Waals surface area (Å²) in [6, 6.07) is 14.2. The summed E-state index contributed by atoms with van der Waals surface area (Å²) in [5.74, 6) is 1.09. The fourth-order valence-electron chi connectivity index (χ4n) is 2.31. The van der Waals surface area contributed by atoms with E-state index in [0.29, 0.717) is 11.6 Å². The summed E-state index contributed by atoms with van der Waals surface area (Å²) < 4.78 is 6.49. The number of hydrogen-bond donors (Lipinski definition) is 1. The molecule has 4 heteroatoms. The monoisotopic (exact) mass is 342 g/mol. The molecular weight excluding hydrogens is 328 g/mol. The molecule has 21 heavy (non-hydrogen) atoms. The van der Waals surface area contributed by atoms with Crippen molar-refractivity contribution in [1.82, 2.24) is 5.16 Å². The van der Waals surface area contributed by atoms with Crippen LogP contribution in [0.1, 0.15) is 11.1 Å². The van der Waals surface area contributed by atoms with E-state index in [1.807, 2.05) is 37.3 Å². The van der Waals surface area contributed by atoms with E-state index in [4.69, 9.17) is 10.3 Å². The van der Waals surface area contributed by atoms with E-state index in [0.717, 1.165) is 26.7 Å². The molecule has 1 aromatic heterocycles. The van der Waals surface area contributed by atoms with Gasteiger partial charge in [-0.05, 0) is 47.0 Å². The second-order valence-corrected chi connectivity index (χ2v) is 5.87. The van der Waals surface area contributed by atoms with Gasteiger partial charge in [-0.2, -0.15) is 0 Å². The van der Waals surface area contributed by atoms with Gasteiger partial charge in [-0.3, -0.25) is 0 Å². The van der Waals surface area contributed by atoms with Gasteiger partial charge in [-0.25, -0.2) is 0 Å². The van der Waals surface area contributed by atoms with Gasteiger partial charge in [0.25, 0.3) is 0 Å². The molecule has 0 amide bonds. The van der Waals surface area contributed by atoms with Crippen molar-refractivity contribution < 1.29 is 4.52 Å². The van der Waals surface area contributed by atoms with Crippen LogP contribution in [0, 0.1) is 13.8 Å². The highest BCUT2D eigenvalue weighted by Gasteiger charge is 2.19. The van der Waals surface area contributed by atoms with E-state index in [9.17, 15) is 0 Å². The lowest BCUT2D eigenvalue weighted by Gasteiger charge is -2.07. The van der Waals surface area contributed by atoms with Crippen LogP contribution >= 0.6 is 15.9 Å². The lowest BCUT2D eigenvalue weighted by Crippen LogP contribution is -1.90. The van der Waals surface area contributed by atoms with Crippen LogP contribution in [0.3, 0.4) is 0 Å². The van der Waals surface area contributed by atoms with Crippen LogP contribution in [-0.2, 0) is 0 Å². The number of nitrogens with two attached hydrogens (primary N) is 1. The topological polar surface area (TPSA) is 52.0 Å². The molecule has 0 radical (unpaired) electrons. The normalized spacial score (nSPS) is 10.8. The number of aryl methyl sites for hydroxylation is 2. The standard InChI is InChI=1S/C17H15BrN2O/c1-10-6-8-12(9-7-10)14-16(21-20-17(14)19)13-5-3-4-11(2)15(13)18/h3-9H,1-2H3,(H2,19,20). The number of nitrogen functional groups attached to an aromatic ring is 1. The zero-order valence-electron chi connectivity index (χ0n) is 11.9. The highest BCUT2D eigenvalue weighted by Crippen LogP contribution is 2.40. The highest BCUT2D eigenvalue weighted by molar-refractivity contribution is 9.10. The van der Waals surface area contributed by atoms with Crippen molar-refractivity contribution in [2.45, 2.75) is 13.8 Å². The molecule has 0 saturated carbocycles. The van der Waals surface area contributed by atoms with E-state index in [-0.39, 0.29) is 0 Å². The van der Waals surface area contributed by atoms with E-state index in [1.54, 1.807) is 0 Å². The van der Waals surface area contributed by atoms with Crippen molar-refractivity contribution in [2.24, 2.45) is 0 Å². The molecule has 3 rings (SSSR count). The van der Waals surface area contributed by atoms with Crippen LogP contribution < -0.4 is 5.73 Å². The van der Waals surface area contributed by atoms with E-state index in [1.165, 1.54) is 5.56 Å². The molecule has 106 valence electrons. The third kappa shape index (κ3) is 2.47. The van der Waals surface area contributed by atoms with Gasteiger partial charge in [0.05, 0.1) is 5.56 Å². The van der Waals surface area contributed by atoms with Crippen LogP contribution in [0.25, 0.3) is 22.5 Å². The largest absolute Gasteiger partial charge is 0.380 e. The van der Waals surface area contributed by atoms with E-state index < -0.39 is 0 Å². The second-order valence-electron chi connectivity index (χ2n) is 5.07. The van der Waals surface area contributed by atoms with Crippen LogP contribution in [0.4, 0.5) is 5.82 Å². The Hall–Kier alpha value is -2.07. The maximum atomic E-state index is 6.02. The Bertz CT molecular complexity index is 791. The molecule has 2 N–H and O–H groups in total. The fourth-order valence-corrected chi connectivity index (χ4v) is 2.75. The molecule has 0 aliphatic rings. The number of nitrogens with zero attached hydrogens (tertiary/aromatic N) is 1. The van der Waals surface area contributed by atoms with Gasteiger partial charge in [0.1, 0.15) is 0 Å². The predicted molar refractivity (Wildman–Crippen MR) is 89.0 cm³/mol. The van der Waals surface area contributed by atoms with Crippen molar-refractivity contribution >= 4 is 21.7 Å². The Kier molecular flexibility index (Phi) is 3.55. The number of hydrogen-bond acceptors (Lipinski definition) is 3. The molecule has 3 aromatic rings. The summed E-state index contributed by atoms with van der Waals surface area (Å²) in [6.45, 7) is 4.09. The first-order valence-electron chi connectivity index (χ1n) is 6.65. The maximum absolute atomic E-state index is 6.02. The van der Waals surface area contributed by atoms with Crippen LogP contribution in [-0.4, -0.2) is 5.16 Å². The highest BCUT2D eigenvalue weighted by atomic mass is 79.9. The molecule has 0 saturated heterocycles. The molecule has 1 heterocycles. The number of rotatable bonds is 2. The molecule has 0 unspecified atom stereocenters. The van der Waals surface area contributed by atoms with Crippen molar-refractivity contribution in [3.05, 3.63) is 58.1 Å². The predicted octanol–water partition coefficient (Wildman–Crippen LogP) is 4.97. The average Bonchev–Trinajstić information content (AvgIpc) is 2.85. The van der Waals surface area contributed by atoms with Crippen molar-refractivity contribution in [1.29, 1.82) is 0 Å². The minimum Gasteiger partial charge on any atom is -0.380 e. The summed E-state index contributed by atoms with van der Waals surface area (Å²) in [5.41, 5.74) is 11.1. The summed E-state index contributed by atoms with van der Waals surface area (Å²) in [4.78, 5) is 0. The molecule has 0 fully saturated rings. The number of aromatic nitrogens is 1. The van der Waals surface area contributed by atoms with Crippen LogP contribution in [0.5, 0.6) is 0 Å². The van der Waals surface area contributed by atoms with Crippen molar-refractivity contribution in [3.63, 3.8) is 0 Å². The van der Waals surface area contributed by atoms with Crippen molar-refractivity contribution in [2.75, 3.05) is 5.73 Å². The van der Waals surface area contributed by atoms with Gasteiger partial charge in [0.15, 0.2) is 11.6 Å². The summed E-state index contributed by atoms with van der Waals surface area (Å²) in [5, 5.41) is 3.94. The Morgan fingerprint density at radius 1 is 1.05 bits per heavy atom. The van der Waals surface area contributed by atoms with Gasteiger partial charge in [0.2, 0.25) is 0 Å². The molecule has 0 atom stereocenters. The number of halogens is 1. The lowest BCUT2D eigenvalue weighted by molar-refractivity contribution is 0.436. The minimum absolute atomic E-state index is 0.405. The number of benzene rings is 2. The van der Waals surface area contributed by atoms with Gasteiger partial charge in [0, 0.05) is 10.0 Å². The quantitative estimate of drug-likeness (QED) is 0.715. The summed E-state index contributed by atoms with van der Waals surface area (Å²) in [6.07, 6.45) is 0. The lowest BCUT2D eigenvalue weighted by atomic mass is 10.00. The van der Waals surface area contributed by atoms with Crippen molar-refractivity contribution in [3.8, 4) is 22.5 Å². The third-order valence-electron chi connectivity index (χ3n) is 3.50. The first-order valence-corrected chi connectivity index (χ1v) is 7.45. The fraction of sp³-hybridized carbons (Fsp3) is 0.118. The molecule has 0 aliphatic heterocycles. The van der Waals surface area contributed by atoms with Crippen LogP contribution in [0.15, 0.2) is 51.5 Å².